The Morgan fingerprint density at radius 3 is 2.50 bits per heavy atom. The van der Waals surface area contributed by atoms with Crippen LogP contribution in [0, 0.1) is 46.3 Å². The largest absolute Gasteiger partial charge is 0.389 e. The molecule has 4 aliphatic rings. The molecular weight excluding hydrogens is 340 g/mol. The van der Waals surface area contributed by atoms with Crippen LogP contribution in [0.4, 0.5) is 0 Å². The first-order chi connectivity index (χ1) is 13.3. The molecule has 0 bridgehead atoms. The number of rotatable bonds is 5. The van der Waals surface area contributed by atoms with Gasteiger partial charge in [0.25, 0.3) is 0 Å². The predicted octanol–water partition coefficient (Wildman–Crippen LogP) is 7.39. The highest BCUT2D eigenvalue weighted by Crippen LogP contribution is 2.67. The maximum absolute atomic E-state index is 10.2. The molecule has 0 aromatic rings. The van der Waals surface area contributed by atoms with Crippen molar-refractivity contribution in [2.45, 2.75) is 111 Å². The molecule has 0 aromatic heterocycles. The van der Waals surface area contributed by atoms with Crippen LogP contribution >= 0.6 is 0 Å². The van der Waals surface area contributed by atoms with E-state index in [9.17, 15) is 5.11 Å². The maximum Gasteiger partial charge on any atom is 0.0724 e. The molecule has 160 valence electrons. The first kappa shape index (κ1) is 21.0. The Balaban J connectivity index is 1.48. The van der Waals surface area contributed by atoms with Crippen molar-refractivity contribution in [2.24, 2.45) is 46.3 Å². The van der Waals surface area contributed by atoms with E-state index in [2.05, 4.69) is 40.7 Å². The summed E-state index contributed by atoms with van der Waals surface area (Å²) in [5.74, 6) is 5.52. The van der Waals surface area contributed by atoms with Crippen LogP contribution in [-0.2, 0) is 0 Å². The second-order valence-corrected chi connectivity index (χ2v) is 12.2. The summed E-state index contributed by atoms with van der Waals surface area (Å²) in [4.78, 5) is 0. The SMILES string of the molecule is CC(C)CCC[C@@H](C)[C@@H]1CC[C@@H]2[C@H]3CCC4=C[C@@H](O)CC[C@]4(C)[C@@H]3CC[C@]21C. The predicted molar refractivity (Wildman–Crippen MR) is 119 cm³/mol. The van der Waals surface area contributed by atoms with Crippen LogP contribution in [-0.4, -0.2) is 11.2 Å². The Morgan fingerprint density at radius 1 is 0.964 bits per heavy atom. The van der Waals surface area contributed by atoms with E-state index in [1.807, 2.05) is 0 Å². The number of allylic oxidation sites excluding steroid dienone is 1. The van der Waals surface area contributed by atoms with Gasteiger partial charge in [-0.25, -0.2) is 0 Å². The Kier molecular flexibility index (Phi) is 5.80. The van der Waals surface area contributed by atoms with E-state index < -0.39 is 0 Å². The van der Waals surface area contributed by atoms with Gasteiger partial charge in [-0.3, -0.25) is 0 Å². The van der Waals surface area contributed by atoms with Gasteiger partial charge >= 0.3 is 0 Å². The first-order valence-electron chi connectivity index (χ1n) is 12.6. The normalized spacial score (nSPS) is 46.5. The average molecular weight is 387 g/mol. The van der Waals surface area contributed by atoms with Gasteiger partial charge in [-0.1, -0.05) is 65.5 Å². The fourth-order valence-corrected chi connectivity index (χ4v) is 8.73. The zero-order valence-corrected chi connectivity index (χ0v) is 19.3. The highest BCUT2D eigenvalue weighted by Gasteiger charge is 2.59. The molecule has 8 atom stereocenters. The van der Waals surface area contributed by atoms with Crippen molar-refractivity contribution >= 4 is 0 Å². The number of aliphatic hydroxyl groups is 1. The fourth-order valence-electron chi connectivity index (χ4n) is 8.73. The molecule has 1 N–H and O–H groups in total. The Bertz CT molecular complexity index is 591. The van der Waals surface area contributed by atoms with Gasteiger partial charge in [0.2, 0.25) is 0 Å². The van der Waals surface area contributed by atoms with Crippen LogP contribution in [0.5, 0.6) is 0 Å². The highest BCUT2D eigenvalue weighted by atomic mass is 16.3. The molecule has 0 unspecified atom stereocenters. The van der Waals surface area contributed by atoms with Crippen LogP contribution in [0.2, 0.25) is 0 Å². The molecule has 0 heterocycles. The molecule has 1 heteroatoms. The van der Waals surface area contributed by atoms with Crippen LogP contribution < -0.4 is 0 Å². The molecule has 3 saturated carbocycles. The highest BCUT2D eigenvalue weighted by molar-refractivity contribution is 5.25. The minimum atomic E-state index is -0.170. The van der Waals surface area contributed by atoms with Crippen molar-refractivity contribution in [1.82, 2.24) is 0 Å². The quantitative estimate of drug-likeness (QED) is 0.488. The minimum absolute atomic E-state index is 0.170. The summed E-state index contributed by atoms with van der Waals surface area (Å²) in [5.41, 5.74) is 2.61. The molecule has 0 spiro atoms. The molecule has 4 aliphatic carbocycles. The average Bonchev–Trinajstić information content (AvgIpc) is 2.99. The van der Waals surface area contributed by atoms with E-state index in [0.29, 0.717) is 10.8 Å². The topological polar surface area (TPSA) is 20.2 Å². The summed E-state index contributed by atoms with van der Waals surface area (Å²) >= 11 is 0. The van der Waals surface area contributed by atoms with Crippen LogP contribution in [0.15, 0.2) is 11.6 Å². The third-order valence-corrected chi connectivity index (χ3v) is 10.3. The van der Waals surface area contributed by atoms with Gasteiger partial charge in [-0.05, 0) is 97.7 Å². The van der Waals surface area contributed by atoms with Gasteiger partial charge in [-0.15, -0.1) is 0 Å². The summed E-state index contributed by atoms with van der Waals surface area (Å²) in [6, 6.07) is 0. The standard InChI is InChI=1S/C27H46O/c1-18(2)7-6-8-19(3)23-11-12-24-22-10-9-20-17-21(28)13-15-26(20,4)25(22)14-16-27(23,24)5/h17-19,21-25,28H,6-16H2,1-5H3/t19-,21+,22-,23+,24-,25-,26+,27+/m1/s1. The summed E-state index contributed by atoms with van der Waals surface area (Å²) in [5, 5.41) is 10.2. The van der Waals surface area contributed by atoms with Gasteiger partial charge in [-0.2, -0.15) is 0 Å². The van der Waals surface area contributed by atoms with Crippen molar-refractivity contribution in [3.8, 4) is 0 Å². The van der Waals surface area contributed by atoms with E-state index in [1.54, 1.807) is 5.57 Å². The van der Waals surface area contributed by atoms with E-state index in [0.717, 1.165) is 41.9 Å². The number of hydrogen-bond donors (Lipinski definition) is 1. The van der Waals surface area contributed by atoms with Gasteiger partial charge in [0.1, 0.15) is 0 Å². The van der Waals surface area contributed by atoms with E-state index in [-0.39, 0.29) is 6.10 Å². The maximum atomic E-state index is 10.2. The summed E-state index contributed by atoms with van der Waals surface area (Å²) in [6.45, 7) is 12.6. The first-order valence-corrected chi connectivity index (χ1v) is 12.6. The smallest absolute Gasteiger partial charge is 0.0724 e. The third kappa shape index (κ3) is 3.42. The van der Waals surface area contributed by atoms with Crippen molar-refractivity contribution < 1.29 is 5.11 Å². The number of aliphatic hydroxyl groups excluding tert-OH is 1. The van der Waals surface area contributed by atoms with Gasteiger partial charge in [0.15, 0.2) is 0 Å². The third-order valence-electron chi connectivity index (χ3n) is 10.3. The zero-order chi connectivity index (χ0) is 20.1. The van der Waals surface area contributed by atoms with E-state index in [4.69, 9.17) is 0 Å². The van der Waals surface area contributed by atoms with Gasteiger partial charge in [0.05, 0.1) is 6.10 Å². The molecule has 0 aliphatic heterocycles. The van der Waals surface area contributed by atoms with Gasteiger partial charge < -0.3 is 5.11 Å². The molecule has 0 amide bonds. The Morgan fingerprint density at radius 2 is 1.75 bits per heavy atom. The molecule has 4 rings (SSSR count). The lowest BCUT2D eigenvalue weighted by Gasteiger charge is -2.59. The monoisotopic (exact) mass is 386 g/mol. The number of hydrogen-bond acceptors (Lipinski definition) is 1. The zero-order valence-electron chi connectivity index (χ0n) is 19.3. The van der Waals surface area contributed by atoms with Crippen molar-refractivity contribution in [3.63, 3.8) is 0 Å². The van der Waals surface area contributed by atoms with Crippen LogP contribution in [0.1, 0.15) is 105 Å². The second kappa shape index (κ2) is 7.75. The lowest BCUT2D eigenvalue weighted by Crippen LogP contribution is -2.51. The van der Waals surface area contributed by atoms with E-state index in [1.165, 1.54) is 64.2 Å². The molecule has 0 radical (unpaired) electrons. The van der Waals surface area contributed by atoms with Crippen LogP contribution in [0.3, 0.4) is 0 Å². The molecule has 1 nitrogen and oxygen atoms in total. The summed E-state index contributed by atoms with van der Waals surface area (Å²) in [6.07, 6.45) is 17.1. The number of fused-ring (bicyclic) bond motifs is 5. The molecule has 0 aromatic carbocycles. The van der Waals surface area contributed by atoms with E-state index >= 15 is 0 Å². The second-order valence-electron chi connectivity index (χ2n) is 12.2. The summed E-state index contributed by atoms with van der Waals surface area (Å²) in [7, 11) is 0. The fraction of sp³-hybridized carbons (Fsp3) is 0.926. The van der Waals surface area contributed by atoms with Crippen molar-refractivity contribution in [3.05, 3.63) is 11.6 Å². The minimum Gasteiger partial charge on any atom is -0.389 e. The lowest BCUT2D eigenvalue weighted by molar-refractivity contribution is -0.0626. The van der Waals surface area contributed by atoms with Crippen LogP contribution in [0.25, 0.3) is 0 Å². The molecule has 3 fully saturated rings. The van der Waals surface area contributed by atoms with Crippen molar-refractivity contribution in [2.75, 3.05) is 0 Å². The molecular formula is C27H46O. The lowest BCUT2D eigenvalue weighted by atomic mass is 9.46. The Hall–Kier alpha value is -0.300. The molecule has 28 heavy (non-hydrogen) atoms. The van der Waals surface area contributed by atoms with Crippen molar-refractivity contribution in [1.29, 1.82) is 0 Å². The van der Waals surface area contributed by atoms with Gasteiger partial charge in [0, 0.05) is 0 Å². The molecule has 0 saturated heterocycles. The Labute approximate surface area is 174 Å². The summed E-state index contributed by atoms with van der Waals surface area (Å²) < 4.78 is 0.